The Kier molecular flexibility index (Phi) is 7.25. The van der Waals surface area contributed by atoms with Crippen LogP contribution in [0.5, 0.6) is 0 Å². The van der Waals surface area contributed by atoms with Gasteiger partial charge in [-0.2, -0.15) is 0 Å². The van der Waals surface area contributed by atoms with Crippen molar-refractivity contribution in [2.24, 2.45) is 5.92 Å². The fraction of sp³-hybridized carbons (Fsp3) is 0.560. The molecule has 0 aliphatic carbocycles. The number of benzene rings is 1. The van der Waals surface area contributed by atoms with Crippen LogP contribution in [0.3, 0.4) is 0 Å². The molecule has 1 N–H and O–H groups in total. The van der Waals surface area contributed by atoms with E-state index in [1.54, 1.807) is 6.20 Å². The predicted molar refractivity (Wildman–Crippen MR) is 129 cm³/mol. The van der Waals surface area contributed by atoms with E-state index < -0.39 is 0 Å². The van der Waals surface area contributed by atoms with E-state index in [4.69, 9.17) is 0 Å². The van der Waals surface area contributed by atoms with Gasteiger partial charge in [0.05, 0.1) is 0 Å². The lowest BCUT2D eigenvalue weighted by molar-refractivity contribution is -0.125. The molecule has 1 aromatic carbocycles. The standard InChI is InChI=1S/C25H36N6O/c1-19-5-4-6-23(21(19)3)30-17-15-29(16-18-30)14-11-26-24(32)22-8-12-31(13-9-22)25-27-10-7-20(2)28-25/h4-7,10,22H,8-9,11-18H2,1-3H3,(H,26,32). The van der Waals surface area contributed by atoms with Gasteiger partial charge in [0.2, 0.25) is 11.9 Å². The Morgan fingerprint density at radius 2 is 1.75 bits per heavy atom. The summed E-state index contributed by atoms with van der Waals surface area (Å²) in [5.41, 5.74) is 5.07. The van der Waals surface area contributed by atoms with Crippen LogP contribution < -0.4 is 15.1 Å². The zero-order valence-electron chi connectivity index (χ0n) is 19.7. The molecular formula is C25H36N6O. The van der Waals surface area contributed by atoms with Crippen LogP contribution in [0.2, 0.25) is 0 Å². The van der Waals surface area contributed by atoms with Crippen LogP contribution in [0.1, 0.15) is 29.7 Å². The topological polar surface area (TPSA) is 64.6 Å². The molecule has 0 unspecified atom stereocenters. The third-order valence-electron chi connectivity index (χ3n) is 6.95. The summed E-state index contributed by atoms with van der Waals surface area (Å²) in [5.74, 6) is 1.07. The molecule has 7 nitrogen and oxygen atoms in total. The number of aryl methyl sites for hydroxylation is 2. The molecule has 2 fully saturated rings. The van der Waals surface area contributed by atoms with E-state index in [1.165, 1.54) is 16.8 Å². The van der Waals surface area contributed by atoms with E-state index in [0.29, 0.717) is 0 Å². The Morgan fingerprint density at radius 1 is 1.00 bits per heavy atom. The average Bonchev–Trinajstić information content (AvgIpc) is 2.81. The number of hydrogen-bond acceptors (Lipinski definition) is 6. The second kappa shape index (κ2) is 10.3. The maximum Gasteiger partial charge on any atom is 0.225 e. The highest BCUT2D eigenvalue weighted by molar-refractivity contribution is 5.78. The zero-order valence-corrected chi connectivity index (χ0v) is 19.7. The quantitative estimate of drug-likeness (QED) is 0.751. The van der Waals surface area contributed by atoms with Crippen molar-refractivity contribution in [3.05, 3.63) is 47.3 Å². The van der Waals surface area contributed by atoms with Crippen molar-refractivity contribution >= 4 is 17.5 Å². The summed E-state index contributed by atoms with van der Waals surface area (Å²) in [6.45, 7) is 13.8. The molecule has 2 aliphatic rings. The third-order valence-corrected chi connectivity index (χ3v) is 6.95. The number of piperidine rings is 1. The lowest BCUT2D eigenvalue weighted by Crippen LogP contribution is -2.49. The van der Waals surface area contributed by atoms with Crippen molar-refractivity contribution < 1.29 is 4.79 Å². The number of rotatable bonds is 6. The van der Waals surface area contributed by atoms with Crippen molar-refractivity contribution in [1.82, 2.24) is 20.2 Å². The van der Waals surface area contributed by atoms with Crippen molar-refractivity contribution in [2.75, 3.05) is 62.2 Å². The molecular weight excluding hydrogens is 400 g/mol. The summed E-state index contributed by atoms with van der Waals surface area (Å²) in [6, 6.07) is 8.47. The van der Waals surface area contributed by atoms with E-state index in [2.05, 4.69) is 62.0 Å². The van der Waals surface area contributed by atoms with Crippen LogP contribution in [-0.4, -0.2) is 73.1 Å². The Bertz CT molecular complexity index is 916. The van der Waals surface area contributed by atoms with Gasteiger partial charge >= 0.3 is 0 Å². The zero-order chi connectivity index (χ0) is 22.5. The lowest BCUT2D eigenvalue weighted by atomic mass is 9.96. The smallest absolute Gasteiger partial charge is 0.225 e. The molecule has 0 atom stereocenters. The van der Waals surface area contributed by atoms with Gasteiger partial charge < -0.3 is 15.1 Å². The second-order valence-electron chi connectivity index (χ2n) is 9.10. The van der Waals surface area contributed by atoms with Crippen LogP contribution in [0, 0.1) is 26.7 Å². The molecule has 0 radical (unpaired) electrons. The van der Waals surface area contributed by atoms with E-state index in [0.717, 1.165) is 76.8 Å². The van der Waals surface area contributed by atoms with Crippen LogP contribution >= 0.6 is 0 Å². The summed E-state index contributed by atoms with van der Waals surface area (Å²) in [6.07, 6.45) is 3.52. The number of nitrogens with one attached hydrogen (secondary N) is 1. The van der Waals surface area contributed by atoms with Gasteiger partial charge in [0.25, 0.3) is 0 Å². The molecule has 0 spiro atoms. The average molecular weight is 437 g/mol. The number of carbonyl (C=O) groups excluding carboxylic acids is 1. The first-order chi connectivity index (χ1) is 15.5. The van der Waals surface area contributed by atoms with Crippen molar-refractivity contribution in [3.63, 3.8) is 0 Å². The highest BCUT2D eigenvalue weighted by Gasteiger charge is 2.26. The molecule has 4 rings (SSSR count). The van der Waals surface area contributed by atoms with Gasteiger partial charge in [-0.1, -0.05) is 12.1 Å². The summed E-state index contributed by atoms with van der Waals surface area (Å²) in [5, 5.41) is 3.18. The first kappa shape index (κ1) is 22.5. The monoisotopic (exact) mass is 436 g/mol. The van der Waals surface area contributed by atoms with Crippen molar-refractivity contribution in [1.29, 1.82) is 0 Å². The molecule has 2 saturated heterocycles. The maximum absolute atomic E-state index is 12.7. The van der Waals surface area contributed by atoms with Crippen molar-refractivity contribution in [2.45, 2.75) is 33.6 Å². The van der Waals surface area contributed by atoms with Gasteiger partial charge in [-0.15, -0.1) is 0 Å². The molecule has 2 aromatic rings. The number of amides is 1. The minimum atomic E-state index is 0.0946. The molecule has 32 heavy (non-hydrogen) atoms. The Hall–Kier alpha value is -2.67. The summed E-state index contributed by atoms with van der Waals surface area (Å²) < 4.78 is 0. The van der Waals surface area contributed by atoms with Gasteiger partial charge in [0.1, 0.15) is 0 Å². The van der Waals surface area contributed by atoms with Crippen LogP contribution in [0.4, 0.5) is 11.6 Å². The Balaban J connectivity index is 1.16. The van der Waals surface area contributed by atoms with Gasteiger partial charge in [-0.05, 0) is 56.9 Å². The summed E-state index contributed by atoms with van der Waals surface area (Å²) in [4.78, 5) is 28.7. The number of anilines is 2. The van der Waals surface area contributed by atoms with E-state index >= 15 is 0 Å². The first-order valence-electron chi connectivity index (χ1n) is 11.9. The Morgan fingerprint density at radius 3 is 2.47 bits per heavy atom. The minimum Gasteiger partial charge on any atom is -0.369 e. The molecule has 172 valence electrons. The lowest BCUT2D eigenvalue weighted by Gasteiger charge is -2.37. The van der Waals surface area contributed by atoms with Crippen LogP contribution in [0.15, 0.2) is 30.5 Å². The van der Waals surface area contributed by atoms with Gasteiger partial charge in [-0.25, -0.2) is 9.97 Å². The van der Waals surface area contributed by atoms with Gasteiger partial charge in [0.15, 0.2) is 0 Å². The largest absolute Gasteiger partial charge is 0.369 e. The van der Waals surface area contributed by atoms with E-state index in [-0.39, 0.29) is 11.8 Å². The second-order valence-corrected chi connectivity index (χ2v) is 9.10. The van der Waals surface area contributed by atoms with Crippen LogP contribution in [-0.2, 0) is 4.79 Å². The number of nitrogens with zero attached hydrogens (tertiary/aromatic N) is 5. The SMILES string of the molecule is Cc1ccnc(N2CCC(C(=O)NCCN3CCN(c4cccc(C)c4C)CC3)CC2)n1. The number of piperazine rings is 1. The molecule has 0 saturated carbocycles. The first-order valence-corrected chi connectivity index (χ1v) is 11.9. The maximum atomic E-state index is 12.7. The number of carbonyl (C=O) groups is 1. The highest BCUT2D eigenvalue weighted by Crippen LogP contribution is 2.24. The Labute approximate surface area is 191 Å². The minimum absolute atomic E-state index is 0.0946. The van der Waals surface area contributed by atoms with E-state index in [9.17, 15) is 4.79 Å². The molecule has 0 bridgehead atoms. The molecule has 7 heteroatoms. The predicted octanol–water partition coefficient (Wildman–Crippen LogP) is 2.56. The number of hydrogen-bond donors (Lipinski definition) is 1. The summed E-state index contributed by atoms with van der Waals surface area (Å²) in [7, 11) is 0. The van der Waals surface area contributed by atoms with E-state index in [1.807, 2.05) is 13.0 Å². The van der Waals surface area contributed by atoms with Crippen molar-refractivity contribution in [3.8, 4) is 0 Å². The molecule has 3 heterocycles. The van der Waals surface area contributed by atoms with Crippen LogP contribution in [0.25, 0.3) is 0 Å². The molecule has 1 aromatic heterocycles. The normalized spacial score (nSPS) is 18.1. The number of aromatic nitrogens is 2. The van der Waals surface area contributed by atoms with Gasteiger partial charge in [-0.3, -0.25) is 9.69 Å². The highest BCUT2D eigenvalue weighted by atomic mass is 16.1. The molecule has 1 amide bonds. The van der Waals surface area contributed by atoms with Gasteiger partial charge in [0, 0.05) is 75.9 Å². The summed E-state index contributed by atoms with van der Waals surface area (Å²) >= 11 is 0. The fourth-order valence-electron chi connectivity index (χ4n) is 4.70. The third kappa shape index (κ3) is 5.38. The molecule has 2 aliphatic heterocycles. The fourth-order valence-corrected chi connectivity index (χ4v) is 4.70.